The number of likely N-dealkylation sites (tertiary alicyclic amines) is 1. The van der Waals surface area contributed by atoms with Crippen LogP contribution in [0, 0.1) is 6.92 Å². The molecule has 0 radical (unpaired) electrons. The molecule has 0 aromatic heterocycles. The zero-order valence-corrected chi connectivity index (χ0v) is 12.8. The van der Waals surface area contributed by atoms with E-state index in [2.05, 4.69) is 15.5 Å². The van der Waals surface area contributed by atoms with Gasteiger partial charge in [0.05, 0.1) is 6.54 Å². The second-order valence-corrected chi connectivity index (χ2v) is 5.77. The Morgan fingerprint density at radius 3 is 3.00 bits per heavy atom. The molecule has 0 aliphatic carbocycles. The molecule has 1 aliphatic heterocycles. The van der Waals surface area contributed by atoms with Gasteiger partial charge in [0.2, 0.25) is 5.91 Å². The molecule has 1 heterocycles. The number of rotatable bonds is 5. The van der Waals surface area contributed by atoms with E-state index < -0.39 is 0 Å². The van der Waals surface area contributed by atoms with E-state index in [9.17, 15) is 4.79 Å². The Morgan fingerprint density at radius 1 is 1.50 bits per heavy atom. The van der Waals surface area contributed by atoms with Crippen LogP contribution in [0.1, 0.15) is 18.4 Å². The van der Waals surface area contributed by atoms with E-state index >= 15 is 0 Å². The van der Waals surface area contributed by atoms with Gasteiger partial charge in [-0.3, -0.25) is 9.69 Å². The summed E-state index contributed by atoms with van der Waals surface area (Å²) < 4.78 is 0. The molecular formula is C15H22ClN3O. The Kier molecular flexibility index (Phi) is 5.40. The molecule has 2 rings (SSSR count). The quantitative estimate of drug-likeness (QED) is 0.876. The van der Waals surface area contributed by atoms with Crippen molar-refractivity contribution >= 4 is 23.2 Å². The van der Waals surface area contributed by atoms with E-state index in [1.54, 1.807) is 6.07 Å². The number of benzene rings is 1. The SMILES string of the molecule is CNCC1CCCN1CC(=O)Nc1ccc(Cl)cc1C. The average molecular weight is 296 g/mol. The van der Waals surface area contributed by atoms with Crippen LogP contribution >= 0.6 is 11.6 Å². The number of nitrogens with one attached hydrogen (secondary N) is 2. The van der Waals surface area contributed by atoms with E-state index in [0.717, 1.165) is 30.8 Å². The number of hydrogen-bond donors (Lipinski definition) is 2. The molecule has 5 heteroatoms. The third-order valence-corrected chi connectivity index (χ3v) is 3.98. The van der Waals surface area contributed by atoms with Crippen LogP contribution in [0.5, 0.6) is 0 Å². The van der Waals surface area contributed by atoms with Crippen molar-refractivity contribution in [1.82, 2.24) is 10.2 Å². The molecule has 1 aromatic rings. The number of amides is 1. The van der Waals surface area contributed by atoms with Gasteiger partial charge in [0.25, 0.3) is 0 Å². The lowest BCUT2D eigenvalue weighted by Gasteiger charge is -2.23. The van der Waals surface area contributed by atoms with Gasteiger partial charge in [-0.2, -0.15) is 0 Å². The highest BCUT2D eigenvalue weighted by Crippen LogP contribution is 2.20. The number of anilines is 1. The molecule has 4 nitrogen and oxygen atoms in total. The van der Waals surface area contributed by atoms with Gasteiger partial charge >= 0.3 is 0 Å². The molecule has 1 amide bonds. The first-order valence-electron chi connectivity index (χ1n) is 7.05. The van der Waals surface area contributed by atoms with Gasteiger partial charge in [0.15, 0.2) is 0 Å². The number of likely N-dealkylation sites (N-methyl/N-ethyl adjacent to an activating group) is 1. The molecule has 110 valence electrons. The van der Waals surface area contributed by atoms with Crippen molar-refractivity contribution in [2.45, 2.75) is 25.8 Å². The van der Waals surface area contributed by atoms with Crippen LogP contribution in [0.4, 0.5) is 5.69 Å². The van der Waals surface area contributed by atoms with Crippen molar-refractivity contribution in [2.75, 3.05) is 32.0 Å². The molecular weight excluding hydrogens is 274 g/mol. The van der Waals surface area contributed by atoms with Crippen molar-refractivity contribution in [2.24, 2.45) is 0 Å². The third kappa shape index (κ3) is 3.95. The summed E-state index contributed by atoms with van der Waals surface area (Å²) in [5, 5.41) is 6.85. The van der Waals surface area contributed by atoms with Crippen molar-refractivity contribution < 1.29 is 4.79 Å². The second-order valence-electron chi connectivity index (χ2n) is 5.33. The highest BCUT2D eigenvalue weighted by atomic mass is 35.5. The number of nitrogens with zero attached hydrogens (tertiary/aromatic N) is 1. The van der Waals surface area contributed by atoms with E-state index in [-0.39, 0.29) is 5.91 Å². The molecule has 0 spiro atoms. The summed E-state index contributed by atoms with van der Waals surface area (Å²) >= 11 is 5.92. The molecule has 1 fully saturated rings. The van der Waals surface area contributed by atoms with Crippen molar-refractivity contribution in [1.29, 1.82) is 0 Å². The molecule has 0 saturated carbocycles. The summed E-state index contributed by atoms with van der Waals surface area (Å²) in [5.74, 6) is 0.0402. The monoisotopic (exact) mass is 295 g/mol. The smallest absolute Gasteiger partial charge is 0.238 e. The number of carbonyl (C=O) groups is 1. The zero-order chi connectivity index (χ0) is 14.5. The summed E-state index contributed by atoms with van der Waals surface area (Å²) in [6, 6.07) is 5.97. The number of halogens is 1. The standard InChI is InChI=1S/C15H22ClN3O/c1-11-8-12(16)5-6-14(11)18-15(20)10-19-7-3-4-13(19)9-17-2/h5-6,8,13,17H,3-4,7,9-10H2,1-2H3,(H,18,20). The molecule has 0 bridgehead atoms. The number of carbonyl (C=O) groups excluding carboxylic acids is 1. The minimum absolute atomic E-state index is 0.0402. The summed E-state index contributed by atoms with van der Waals surface area (Å²) in [6.45, 7) is 4.34. The lowest BCUT2D eigenvalue weighted by Crippen LogP contribution is -2.41. The van der Waals surface area contributed by atoms with Crippen molar-refractivity contribution in [3.05, 3.63) is 28.8 Å². The third-order valence-electron chi connectivity index (χ3n) is 3.75. The lowest BCUT2D eigenvalue weighted by atomic mass is 10.2. The predicted molar refractivity (Wildman–Crippen MR) is 83.3 cm³/mol. The summed E-state index contributed by atoms with van der Waals surface area (Å²) in [4.78, 5) is 14.4. The van der Waals surface area contributed by atoms with Crippen molar-refractivity contribution in [3.8, 4) is 0 Å². The first-order valence-corrected chi connectivity index (χ1v) is 7.42. The summed E-state index contributed by atoms with van der Waals surface area (Å²) in [7, 11) is 1.95. The second kappa shape index (κ2) is 7.07. The van der Waals surface area contributed by atoms with E-state index in [4.69, 9.17) is 11.6 Å². The molecule has 1 aromatic carbocycles. The fourth-order valence-electron chi connectivity index (χ4n) is 2.71. The highest BCUT2D eigenvalue weighted by Gasteiger charge is 2.25. The molecule has 20 heavy (non-hydrogen) atoms. The largest absolute Gasteiger partial charge is 0.325 e. The van der Waals surface area contributed by atoms with Crippen LogP contribution in [0.25, 0.3) is 0 Å². The highest BCUT2D eigenvalue weighted by molar-refractivity contribution is 6.30. The van der Waals surface area contributed by atoms with Crippen molar-refractivity contribution in [3.63, 3.8) is 0 Å². The van der Waals surface area contributed by atoms with E-state index in [1.165, 1.54) is 6.42 Å². The minimum Gasteiger partial charge on any atom is -0.325 e. The van der Waals surface area contributed by atoms with E-state index in [0.29, 0.717) is 17.6 Å². The number of aryl methyl sites for hydroxylation is 1. The Labute approximate surface area is 125 Å². The van der Waals surface area contributed by atoms with Gasteiger partial charge in [0.1, 0.15) is 0 Å². The zero-order valence-electron chi connectivity index (χ0n) is 12.1. The van der Waals surface area contributed by atoms with Crippen LogP contribution in [-0.2, 0) is 4.79 Å². The van der Waals surface area contributed by atoms with Crippen LogP contribution in [0.15, 0.2) is 18.2 Å². The minimum atomic E-state index is 0.0402. The molecule has 1 atom stereocenters. The van der Waals surface area contributed by atoms with Gasteiger partial charge in [-0.25, -0.2) is 0 Å². The van der Waals surface area contributed by atoms with Gasteiger partial charge in [0, 0.05) is 23.3 Å². The average Bonchev–Trinajstić information content (AvgIpc) is 2.81. The molecule has 1 aliphatic rings. The Morgan fingerprint density at radius 2 is 2.30 bits per heavy atom. The first-order chi connectivity index (χ1) is 9.60. The Balaban J connectivity index is 1.92. The van der Waals surface area contributed by atoms with Gasteiger partial charge in [-0.1, -0.05) is 11.6 Å². The maximum atomic E-state index is 12.1. The molecule has 1 unspecified atom stereocenters. The first kappa shape index (κ1) is 15.3. The summed E-state index contributed by atoms with van der Waals surface area (Å²) in [5.41, 5.74) is 1.82. The fourth-order valence-corrected chi connectivity index (χ4v) is 2.94. The fraction of sp³-hybridized carbons (Fsp3) is 0.533. The van der Waals surface area contributed by atoms with Gasteiger partial charge < -0.3 is 10.6 Å². The molecule has 1 saturated heterocycles. The Hall–Kier alpha value is -1.10. The van der Waals surface area contributed by atoms with Crippen LogP contribution < -0.4 is 10.6 Å². The van der Waals surface area contributed by atoms with Crippen LogP contribution in [0.3, 0.4) is 0 Å². The van der Waals surface area contributed by atoms with Gasteiger partial charge in [-0.05, 0) is 57.1 Å². The Bertz CT molecular complexity index is 478. The van der Waals surface area contributed by atoms with E-state index in [1.807, 2.05) is 26.1 Å². The van der Waals surface area contributed by atoms with Crippen LogP contribution in [0.2, 0.25) is 5.02 Å². The number of hydrogen-bond acceptors (Lipinski definition) is 3. The van der Waals surface area contributed by atoms with Gasteiger partial charge in [-0.15, -0.1) is 0 Å². The summed E-state index contributed by atoms with van der Waals surface area (Å²) in [6.07, 6.45) is 2.33. The normalized spacial score (nSPS) is 19.2. The lowest BCUT2D eigenvalue weighted by molar-refractivity contribution is -0.117. The molecule has 2 N–H and O–H groups in total. The maximum absolute atomic E-state index is 12.1. The van der Waals surface area contributed by atoms with Crippen LogP contribution in [-0.4, -0.2) is 43.5 Å². The predicted octanol–water partition coefficient (Wildman–Crippen LogP) is 2.27. The maximum Gasteiger partial charge on any atom is 0.238 e. The topological polar surface area (TPSA) is 44.4 Å².